The minimum atomic E-state index is 0.771. The van der Waals surface area contributed by atoms with Crippen LogP contribution in [0.1, 0.15) is 38.2 Å². The smallest absolute Gasteiger partial charge is 0.155 e. The van der Waals surface area contributed by atoms with Crippen LogP contribution in [-0.2, 0) is 6.42 Å². The van der Waals surface area contributed by atoms with Gasteiger partial charge in [0.05, 0.1) is 8.95 Å². The molecular formula is C20H20Br2NO. The molecule has 24 heavy (non-hydrogen) atoms. The maximum Gasteiger partial charge on any atom is 0.155 e. The number of fused-ring (bicyclic) bond motifs is 1. The van der Waals surface area contributed by atoms with E-state index in [1.807, 2.05) is 18.2 Å². The Bertz CT molecular complexity index is 805. The van der Waals surface area contributed by atoms with Crippen molar-refractivity contribution in [3.63, 3.8) is 0 Å². The number of hydrogen-bond acceptors (Lipinski definition) is 1. The van der Waals surface area contributed by atoms with Gasteiger partial charge in [0.2, 0.25) is 0 Å². The Kier molecular flexibility index (Phi) is 6.01. The van der Waals surface area contributed by atoms with E-state index in [4.69, 9.17) is 4.74 Å². The van der Waals surface area contributed by atoms with Crippen LogP contribution in [0.2, 0.25) is 0 Å². The van der Waals surface area contributed by atoms with Crippen LogP contribution in [0.3, 0.4) is 0 Å². The maximum absolute atomic E-state index is 6.09. The first kappa shape index (κ1) is 17.6. The highest BCUT2D eigenvalue weighted by atomic mass is 79.9. The van der Waals surface area contributed by atoms with Crippen molar-refractivity contribution in [3.05, 3.63) is 57.1 Å². The third-order valence-corrected chi connectivity index (χ3v) is 5.29. The number of ether oxygens (including phenoxy) is 1. The van der Waals surface area contributed by atoms with Crippen molar-refractivity contribution in [1.82, 2.24) is 4.98 Å². The average molecular weight is 450 g/mol. The molecule has 3 aromatic rings. The zero-order chi connectivity index (χ0) is 16.9. The molecular weight excluding hydrogens is 430 g/mol. The lowest BCUT2D eigenvalue weighted by atomic mass is 10.1. The molecule has 2 aromatic carbocycles. The second-order valence-corrected chi connectivity index (χ2v) is 7.62. The average Bonchev–Trinajstić information content (AvgIpc) is 2.98. The Balaban J connectivity index is 1.82. The van der Waals surface area contributed by atoms with Crippen LogP contribution in [0, 0.1) is 6.07 Å². The topological polar surface area (TPSA) is 25.0 Å². The summed E-state index contributed by atoms with van der Waals surface area (Å²) in [6, 6.07) is 13.0. The van der Waals surface area contributed by atoms with Crippen molar-refractivity contribution < 1.29 is 4.74 Å². The van der Waals surface area contributed by atoms with Gasteiger partial charge in [0.25, 0.3) is 0 Å². The van der Waals surface area contributed by atoms with Crippen molar-refractivity contribution in [2.75, 3.05) is 0 Å². The number of benzene rings is 2. The zero-order valence-corrected chi connectivity index (χ0v) is 16.8. The van der Waals surface area contributed by atoms with E-state index in [-0.39, 0.29) is 0 Å². The summed E-state index contributed by atoms with van der Waals surface area (Å²) in [5.74, 6) is 1.61. The van der Waals surface area contributed by atoms with Gasteiger partial charge in [-0.15, -0.1) is 0 Å². The highest BCUT2D eigenvalue weighted by Crippen LogP contribution is 2.37. The zero-order valence-electron chi connectivity index (χ0n) is 13.7. The predicted octanol–water partition coefficient (Wildman–Crippen LogP) is 7.41. The molecule has 0 saturated heterocycles. The van der Waals surface area contributed by atoms with E-state index in [9.17, 15) is 0 Å². The van der Waals surface area contributed by atoms with Gasteiger partial charge >= 0.3 is 0 Å². The molecule has 0 spiro atoms. The third kappa shape index (κ3) is 4.04. The highest BCUT2D eigenvalue weighted by molar-refractivity contribution is 9.11. The van der Waals surface area contributed by atoms with E-state index < -0.39 is 0 Å². The molecule has 0 amide bonds. The van der Waals surface area contributed by atoms with Crippen molar-refractivity contribution >= 4 is 42.8 Å². The molecule has 0 unspecified atom stereocenters. The van der Waals surface area contributed by atoms with Crippen LogP contribution in [-0.4, -0.2) is 4.98 Å². The van der Waals surface area contributed by atoms with Gasteiger partial charge in [0, 0.05) is 17.1 Å². The summed E-state index contributed by atoms with van der Waals surface area (Å²) in [4.78, 5) is 3.36. The first-order valence-electron chi connectivity index (χ1n) is 8.32. The molecule has 3 rings (SSSR count). The van der Waals surface area contributed by atoms with Gasteiger partial charge in [-0.2, -0.15) is 0 Å². The lowest BCUT2D eigenvalue weighted by molar-refractivity contribution is 0.477. The summed E-state index contributed by atoms with van der Waals surface area (Å²) in [5, 5.41) is 1.25. The van der Waals surface area contributed by atoms with Crippen molar-refractivity contribution in [3.8, 4) is 11.5 Å². The molecule has 0 atom stereocenters. The number of aryl methyl sites for hydroxylation is 1. The fourth-order valence-electron chi connectivity index (χ4n) is 2.82. The molecule has 0 saturated carbocycles. The first-order valence-corrected chi connectivity index (χ1v) is 9.90. The standard InChI is InChI=1S/C20H20Br2NO/c1-2-3-4-5-7-14-13-23-19-11-10-15(12-16(14)19)24-20-17(21)8-6-9-18(20)22/h8-13,23H,2-5,7H2,1H3. The largest absolute Gasteiger partial charge is 0.455 e. The Morgan fingerprint density at radius 3 is 2.62 bits per heavy atom. The number of aromatic nitrogens is 1. The number of rotatable bonds is 7. The van der Waals surface area contributed by atoms with Crippen LogP contribution in [0.4, 0.5) is 0 Å². The maximum atomic E-state index is 6.09. The summed E-state index contributed by atoms with van der Waals surface area (Å²) in [6.07, 6.45) is 8.34. The number of hydrogen-bond donors (Lipinski definition) is 1. The van der Waals surface area contributed by atoms with Crippen molar-refractivity contribution in [2.45, 2.75) is 39.0 Å². The van der Waals surface area contributed by atoms with Crippen molar-refractivity contribution in [1.29, 1.82) is 0 Å². The van der Waals surface area contributed by atoms with Gasteiger partial charge in [-0.3, -0.25) is 0 Å². The lowest BCUT2D eigenvalue weighted by Crippen LogP contribution is -1.88. The van der Waals surface area contributed by atoms with E-state index in [0.717, 1.165) is 32.4 Å². The normalized spacial score (nSPS) is 11.1. The van der Waals surface area contributed by atoms with Gasteiger partial charge in [0.1, 0.15) is 5.75 Å². The van der Waals surface area contributed by atoms with Crippen LogP contribution in [0.25, 0.3) is 10.9 Å². The SMILES string of the molecule is CCCCCCc1c[nH]c2ccc(Oc3c(Br)c[c]cc3Br)cc12. The number of aromatic amines is 1. The molecule has 0 aliphatic rings. The molecule has 1 aromatic heterocycles. The van der Waals surface area contributed by atoms with E-state index in [0.29, 0.717) is 0 Å². The summed E-state index contributed by atoms with van der Waals surface area (Å²) >= 11 is 7.04. The molecule has 1 heterocycles. The fraction of sp³-hybridized carbons (Fsp3) is 0.300. The quantitative estimate of drug-likeness (QED) is 0.373. The van der Waals surface area contributed by atoms with Crippen LogP contribution in [0.15, 0.2) is 45.5 Å². The predicted molar refractivity (Wildman–Crippen MR) is 107 cm³/mol. The minimum absolute atomic E-state index is 0.771. The number of halogens is 2. The van der Waals surface area contributed by atoms with Gasteiger partial charge in [-0.1, -0.05) is 26.2 Å². The summed E-state index contributed by atoms with van der Waals surface area (Å²) in [5.41, 5.74) is 2.53. The molecule has 0 aliphatic heterocycles. The lowest BCUT2D eigenvalue weighted by Gasteiger charge is -2.10. The molecule has 125 valence electrons. The van der Waals surface area contributed by atoms with Gasteiger partial charge in [-0.05, 0) is 86.7 Å². The second-order valence-electron chi connectivity index (χ2n) is 5.91. The van der Waals surface area contributed by atoms with E-state index >= 15 is 0 Å². The van der Waals surface area contributed by atoms with E-state index in [1.165, 1.54) is 36.6 Å². The molecule has 2 nitrogen and oxygen atoms in total. The minimum Gasteiger partial charge on any atom is -0.455 e. The summed E-state index contributed by atoms with van der Waals surface area (Å²) in [6.45, 7) is 2.24. The molecule has 4 heteroatoms. The second kappa shape index (κ2) is 8.21. The molecule has 0 bridgehead atoms. The highest BCUT2D eigenvalue weighted by Gasteiger charge is 2.10. The summed E-state index contributed by atoms with van der Waals surface area (Å²) < 4.78 is 7.85. The Hall–Kier alpha value is -1.26. The van der Waals surface area contributed by atoms with E-state index in [1.54, 1.807) is 0 Å². The number of nitrogens with one attached hydrogen (secondary N) is 1. The Labute approximate surface area is 159 Å². The van der Waals surface area contributed by atoms with Crippen LogP contribution < -0.4 is 4.74 Å². The van der Waals surface area contributed by atoms with Crippen LogP contribution >= 0.6 is 31.9 Å². The number of unbranched alkanes of at least 4 members (excludes halogenated alkanes) is 3. The third-order valence-electron chi connectivity index (χ3n) is 4.11. The van der Waals surface area contributed by atoms with Gasteiger partial charge in [0.15, 0.2) is 5.75 Å². The Morgan fingerprint density at radius 2 is 1.88 bits per heavy atom. The van der Waals surface area contributed by atoms with Crippen molar-refractivity contribution in [2.24, 2.45) is 0 Å². The molecule has 0 aliphatic carbocycles. The fourth-order valence-corrected chi connectivity index (χ4v) is 3.94. The monoisotopic (exact) mass is 448 g/mol. The number of H-pyrrole nitrogens is 1. The van der Waals surface area contributed by atoms with Gasteiger partial charge < -0.3 is 9.72 Å². The Morgan fingerprint density at radius 1 is 1.08 bits per heavy atom. The van der Waals surface area contributed by atoms with E-state index in [2.05, 4.69) is 68.2 Å². The molecule has 0 fully saturated rings. The van der Waals surface area contributed by atoms with Gasteiger partial charge in [-0.25, -0.2) is 0 Å². The molecule has 1 N–H and O–H groups in total. The summed E-state index contributed by atoms with van der Waals surface area (Å²) in [7, 11) is 0. The molecule has 1 radical (unpaired) electrons. The van der Waals surface area contributed by atoms with Crippen LogP contribution in [0.5, 0.6) is 11.5 Å². The first-order chi connectivity index (χ1) is 11.7.